The van der Waals surface area contributed by atoms with Crippen LogP contribution in [0.1, 0.15) is 63.6 Å². The van der Waals surface area contributed by atoms with Gasteiger partial charge in [-0.2, -0.15) is 0 Å². The number of carbonyl (C=O) groups is 1. The van der Waals surface area contributed by atoms with Gasteiger partial charge in [0.25, 0.3) is 0 Å². The summed E-state index contributed by atoms with van der Waals surface area (Å²) in [5.74, 6) is 1.88. The fourth-order valence-electron chi connectivity index (χ4n) is 4.15. The van der Waals surface area contributed by atoms with E-state index in [4.69, 9.17) is 0 Å². The number of aryl methyl sites for hydroxylation is 1. The number of carbonyl (C=O) groups excluding carboxylic acids is 1. The highest BCUT2D eigenvalue weighted by molar-refractivity contribution is 14.0. The maximum Gasteiger partial charge on any atom is 0.236 e. The highest BCUT2D eigenvalue weighted by Gasteiger charge is 2.27. The van der Waals surface area contributed by atoms with E-state index in [0.29, 0.717) is 18.5 Å². The number of piperidine rings is 1. The molecular weight excluding hydrogens is 429 g/mol. The second-order valence-electron chi connectivity index (χ2n) is 7.32. The van der Waals surface area contributed by atoms with Crippen LogP contribution in [0.3, 0.4) is 0 Å². The lowest BCUT2D eigenvalue weighted by Crippen LogP contribution is -2.46. The molecule has 7 heteroatoms. The smallest absolute Gasteiger partial charge is 0.236 e. The highest BCUT2D eigenvalue weighted by Crippen LogP contribution is 2.27. The van der Waals surface area contributed by atoms with Crippen LogP contribution in [0.2, 0.25) is 0 Å². The van der Waals surface area contributed by atoms with Crippen molar-refractivity contribution in [3.63, 3.8) is 0 Å². The van der Waals surface area contributed by atoms with Gasteiger partial charge in [-0.05, 0) is 45.7 Å². The number of hydrogen-bond acceptors (Lipinski definition) is 4. The third kappa shape index (κ3) is 5.15. The Hall–Kier alpha value is -0.700. The Morgan fingerprint density at radius 1 is 1.20 bits per heavy atom. The lowest BCUT2D eigenvalue weighted by atomic mass is 9.94. The van der Waals surface area contributed by atoms with Crippen LogP contribution >= 0.6 is 24.0 Å². The number of likely N-dealkylation sites (N-methyl/N-ethyl adjacent to an activating group) is 1. The molecule has 0 bridgehead atoms. The second-order valence-corrected chi connectivity index (χ2v) is 7.32. The van der Waals surface area contributed by atoms with E-state index >= 15 is 0 Å². The normalized spacial score (nSPS) is 20.2. The molecule has 1 aromatic heterocycles. The number of halogens is 1. The molecule has 2 heterocycles. The first-order valence-corrected chi connectivity index (χ1v) is 9.54. The molecule has 1 aliphatic carbocycles. The zero-order valence-electron chi connectivity index (χ0n) is 15.6. The minimum Gasteiger partial charge on any atom is -0.342 e. The van der Waals surface area contributed by atoms with Crippen LogP contribution in [0.4, 0.5) is 0 Å². The van der Waals surface area contributed by atoms with Gasteiger partial charge in [-0.3, -0.25) is 9.69 Å². The van der Waals surface area contributed by atoms with E-state index in [1.807, 2.05) is 18.3 Å². The summed E-state index contributed by atoms with van der Waals surface area (Å²) in [5, 5.41) is 8.35. The first-order chi connectivity index (χ1) is 11.7. The SMILES string of the molecule is CCn1cnnc1C1CCN(CC(=O)N(C)C2CCCCC2)CC1.I. The fourth-order valence-corrected chi connectivity index (χ4v) is 4.15. The van der Waals surface area contributed by atoms with Gasteiger partial charge in [-0.15, -0.1) is 34.2 Å². The minimum atomic E-state index is 0. The molecule has 1 amide bonds. The third-order valence-electron chi connectivity index (χ3n) is 5.81. The van der Waals surface area contributed by atoms with Crippen molar-refractivity contribution in [3.05, 3.63) is 12.2 Å². The summed E-state index contributed by atoms with van der Waals surface area (Å²) in [6.07, 6.45) is 10.2. The average molecular weight is 461 g/mol. The summed E-state index contributed by atoms with van der Waals surface area (Å²) in [7, 11) is 1.99. The summed E-state index contributed by atoms with van der Waals surface area (Å²) in [4.78, 5) is 16.9. The van der Waals surface area contributed by atoms with Crippen LogP contribution in [0, 0.1) is 0 Å². The van der Waals surface area contributed by atoms with Gasteiger partial charge >= 0.3 is 0 Å². The number of aromatic nitrogens is 3. The molecule has 25 heavy (non-hydrogen) atoms. The molecule has 1 saturated heterocycles. The van der Waals surface area contributed by atoms with Gasteiger partial charge in [0, 0.05) is 25.6 Å². The van der Waals surface area contributed by atoms with Crippen LogP contribution in [0.15, 0.2) is 6.33 Å². The van der Waals surface area contributed by atoms with E-state index < -0.39 is 0 Å². The van der Waals surface area contributed by atoms with E-state index in [0.717, 1.165) is 38.3 Å². The van der Waals surface area contributed by atoms with Gasteiger partial charge in [0.2, 0.25) is 5.91 Å². The van der Waals surface area contributed by atoms with Crippen molar-refractivity contribution in [1.29, 1.82) is 0 Å². The van der Waals surface area contributed by atoms with Gasteiger partial charge in [0.1, 0.15) is 12.2 Å². The Bertz CT molecular complexity index is 535. The molecule has 2 fully saturated rings. The fraction of sp³-hybridized carbons (Fsp3) is 0.833. The van der Waals surface area contributed by atoms with Crippen LogP contribution in [-0.2, 0) is 11.3 Å². The van der Waals surface area contributed by atoms with Gasteiger partial charge < -0.3 is 9.47 Å². The minimum absolute atomic E-state index is 0. The molecule has 142 valence electrons. The Morgan fingerprint density at radius 3 is 2.52 bits per heavy atom. The number of amides is 1. The summed E-state index contributed by atoms with van der Waals surface area (Å²) in [5.41, 5.74) is 0. The number of hydrogen-bond donors (Lipinski definition) is 0. The molecule has 6 nitrogen and oxygen atoms in total. The van der Waals surface area contributed by atoms with Crippen molar-refractivity contribution in [1.82, 2.24) is 24.6 Å². The van der Waals surface area contributed by atoms with Crippen LogP contribution in [0.5, 0.6) is 0 Å². The molecule has 3 rings (SSSR count). The van der Waals surface area contributed by atoms with Gasteiger partial charge in [-0.25, -0.2) is 0 Å². The molecule has 0 unspecified atom stereocenters. The molecule has 0 N–H and O–H groups in total. The Kier molecular flexibility index (Phi) is 8.12. The predicted molar refractivity (Wildman–Crippen MR) is 109 cm³/mol. The zero-order chi connectivity index (χ0) is 16.9. The predicted octanol–water partition coefficient (Wildman–Crippen LogP) is 2.89. The molecule has 1 aliphatic heterocycles. The van der Waals surface area contributed by atoms with Gasteiger partial charge in [-0.1, -0.05) is 19.3 Å². The second kappa shape index (κ2) is 9.85. The summed E-state index contributed by atoms with van der Waals surface area (Å²) in [6.45, 7) is 5.58. The molecule has 2 aliphatic rings. The maximum atomic E-state index is 12.6. The third-order valence-corrected chi connectivity index (χ3v) is 5.81. The monoisotopic (exact) mass is 461 g/mol. The Labute approximate surface area is 168 Å². The van der Waals surface area contributed by atoms with E-state index in [1.165, 1.54) is 32.1 Å². The van der Waals surface area contributed by atoms with Crippen molar-refractivity contribution < 1.29 is 4.79 Å². The average Bonchev–Trinajstić information content (AvgIpc) is 3.11. The lowest BCUT2D eigenvalue weighted by Gasteiger charge is -2.35. The van der Waals surface area contributed by atoms with Gasteiger partial charge in [0.15, 0.2) is 0 Å². The van der Waals surface area contributed by atoms with Crippen molar-refractivity contribution in [3.8, 4) is 0 Å². The molecule has 1 saturated carbocycles. The van der Waals surface area contributed by atoms with E-state index in [2.05, 4.69) is 26.6 Å². The van der Waals surface area contributed by atoms with Crippen molar-refractivity contribution in [2.45, 2.75) is 70.4 Å². The van der Waals surface area contributed by atoms with E-state index in [-0.39, 0.29) is 29.9 Å². The highest BCUT2D eigenvalue weighted by atomic mass is 127. The van der Waals surface area contributed by atoms with Gasteiger partial charge in [0.05, 0.1) is 6.54 Å². The van der Waals surface area contributed by atoms with Crippen molar-refractivity contribution in [2.24, 2.45) is 0 Å². The number of rotatable bonds is 5. The van der Waals surface area contributed by atoms with E-state index in [1.54, 1.807) is 0 Å². The largest absolute Gasteiger partial charge is 0.342 e. The molecule has 1 aromatic rings. The zero-order valence-corrected chi connectivity index (χ0v) is 17.9. The Morgan fingerprint density at radius 2 is 1.88 bits per heavy atom. The van der Waals surface area contributed by atoms with Crippen LogP contribution in [-0.4, -0.2) is 63.2 Å². The quantitative estimate of drug-likeness (QED) is 0.633. The van der Waals surface area contributed by atoms with E-state index in [9.17, 15) is 4.79 Å². The molecule has 0 radical (unpaired) electrons. The first kappa shape index (κ1) is 20.6. The number of likely N-dealkylation sites (tertiary alicyclic amines) is 1. The number of nitrogens with zero attached hydrogens (tertiary/aromatic N) is 5. The standard InChI is InChI=1S/C18H31N5O.HI/c1-3-23-14-19-20-18(23)15-9-11-22(12-10-15)13-17(24)21(2)16-7-5-4-6-8-16;/h14-16H,3-13H2,1-2H3;1H. The summed E-state index contributed by atoms with van der Waals surface area (Å²) >= 11 is 0. The summed E-state index contributed by atoms with van der Waals surface area (Å²) < 4.78 is 2.14. The lowest BCUT2D eigenvalue weighted by molar-refractivity contribution is -0.134. The molecule has 0 aromatic carbocycles. The Balaban J connectivity index is 0.00000225. The van der Waals surface area contributed by atoms with Crippen LogP contribution in [0.25, 0.3) is 0 Å². The summed E-state index contributed by atoms with van der Waals surface area (Å²) in [6, 6.07) is 0.465. The first-order valence-electron chi connectivity index (χ1n) is 9.54. The molecular formula is C18H32IN5O. The van der Waals surface area contributed by atoms with Crippen molar-refractivity contribution >= 4 is 29.9 Å². The molecule has 0 atom stereocenters. The van der Waals surface area contributed by atoms with Crippen LogP contribution < -0.4 is 0 Å². The maximum absolute atomic E-state index is 12.6. The molecule has 0 spiro atoms. The van der Waals surface area contributed by atoms with Crippen molar-refractivity contribution in [2.75, 3.05) is 26.7 Å². The topological polar surface area (TPSA) is 54.3 Å².